The van der Waals surface area contributed by atoms with E-state index in [9.17, 15) is 0 Å². The first kappa shape index (κ1) is 13.9. The molecule has 1 atom stereocenters. The predicted molar refractivity (Wildman–Crippen MR) is 77.0 cm³/mol. The molecule has 2 heterocycles. The standard InChI is InChI=1S/C14H17ClN4/c1-3-10(16)8-11-7-9(2)18-14(19-11)13-12(15)5-4-6-17-13/h4-7,10H,3,8,16H2,1-2H3. The highest BCUT2D eigenvalue weighted by Gasteiger charge is 2.11. The number of rotatable bonds is 4. The second-order valence-electron chi connectivity index (χ2n) is 4.53. The maximum absolute atomic E-state index is 6.13. The molecule has 5 heteroatoms. The van der Waals surface area contributed by atoms with Crippen LogP contribution in [0.3, 0.4) is 0 Å². The number of pyridine rings is 1. The fourth-order valence-corrected chi connectivity index (χ4v) is 2.01. The smallest absolute Gasteiger partial charge is 0.180 e. The molecule has 0 aliphatic rings. The summed E-state index contributed by atoms with van der Waals surface area (Å²) >= 11 is 6.13. The second kappa shape index (κ2) is 6.08. The summed E-state index contributed by atoms with van der Waals surface area (Å²) in [5, 5.41) is 0.554. The van der Waals surface area contributed by atoms with Gasteiger partial charge < -0.3 is 5.73 Å². The van der Waals surface area contributed by atoms with Gasteiger partial charge in [-0.1, -0.05) is 18.5 Å². The zero-order valence-electron chi connectivity index (χ0n) is 11.1. The summed E-state index contributed by atoms with van der Waals surface area (Å²) < 4.78 is 0. The Hall–Kier alpha value is -1.52. The van der Waals surface area contributed by atoms with Crippen molar-refractivity contribution in [1.82, 2.24) is 15.0 Å². The molecule has 100 valence electrons. The minimum atomic E-state index is 0.112. The van der Waals surface area contributed by atoms with Gasteiger partial charge in [0.25, 0.3) is 0 Å². The highest BCUT2D eigenvalue weighted by molar-refractivity contribution is 6.32. The van der Waals surface area contributed by atoms with Gasteiger partial charge in [0.05, 0.1) is 5.02 Å². The molecule has 2 aromatic heterocycles. The highest BCUT2D eigenvalue weighted by Crippen LogP contribution is 2.22. The van der Waals surface area contributed by atoms with Crippen LogP contribution in [0.2, 0.25) is 5.02 Å². The van der Waals surface area contributed by atoms with Gasteiger partial charge in [-0.05, 0) is 31.5 Å². The predicted octanol–water partition coefficient (Wildman–Crippen LogP) is 2.78. The van der Waals surface area contributed by atoms with E-state index in [1.54, 1.807) is 18.3 Å². The van der Waals surface area contributed by atoms with Crippen LogP contribution in [0.25, 0.3) is 11.5 Å². The van der Waals surface area contributed by atoms with Gasteiger partial charge >= 0.3 is 0 Å². The largest absolute Gasteiger partial charge is 0.327 e. The number of hydrogen-bond acceptors (Lipinski definition) is 4. The third-order valence-corrected chi connectivity index (χ3v) is 3.18. The Balaban J connectivity index is 2.39. The summed E-state index contributed by atoms with van der Waals surface area (Å²) in [5.74, 6) is 0.559. The number of halogens is 1. The number of hydrogen-bond donors (Lipinski definition) is 1. The normalized spacial score (nSPS) is 12.4. The maximum atomic E-state index is 6.13. The molecule has 0 radical (unpaired) electrons. The van der Waals surface area contributed by atoms with Crippen molar-refractivity contribution < 1.29 is 0 Å². The Morgan fingerprint density at radius 2 is 2.16 bits per heavy atom. The summed E-state index contributed by atoms with van der Waals surface area (Å²) in [6, 6.07) is 5.64. The van der Waals surface area contributed by atoms with Gasteiger partial charge in [-0.3, -0.25) is 4.98 Å². The van der Waals surface area contributed by atoms with Crippen molar-refractivity contribution in [3.63, 3.8) is 0 Å². The fourth-order valence-electron chi connectivity index (χ4n) is 1.81. The minimum absolute atomic E-state index is 0.112. The van der Waals surface area contributed by atoms with E-state index >= 15 is 0 Å². The average molecular weight is 277 g/mol. The van der Waals surface area contributed by atoms with E-state index in [1.165, 1.54) is 0 Å². The Morgan fingerprint density at radius 1 is 1.37 bits per heavy atom. The molecule has 0 aliphatic heterocycles. The van der Waals surface area contributed by atoms with Crippen molar-refractivity contribution in [2.75, 3.05) is 0 Å². The first-order chi connectivity index (χ1) is 9.10. The number of nitrogens with zero attached hydrogens (tertiary/aromatic N) is 3. The third-order valence-electron chi connectivity index (χ3n) is 2.87. The van der Waals surface area contributed by atoms with Crippen LogP contribution in [-0.4, -0.2) is 21.0 Å². The van der Waals surface area contributed by atoms with E-state index in [2.05, 4.69) is 21.9 Å². The molecule has 0 aliphatic carbocycles. The molecule has 1 unspecified atom stereocenters. The molecule has 0 aromatic carbocycles. The lowest BCUT2D eigenvalue weighted by Crippen LogP contribution is -2.22. The number of aromatic nitrogens is 3. The van der Waals surface area contributed by atoms with E-state index in [1.807, 2.05) is 13.0 Å². The van der Waals surface area contributed by atoms with Gasteiger partial charge in [0, 0.05) is 30.0 Å². The number of aryl methyl sites for hydroxylation is 1. The molecular weight excluding hydrogens is 260 g/mol. The Bertz CT molecular complexity index is 571. The first-order valence-electron chi connectivity index (χ1n) is 6.31. The van der Waals surface area contributed by atoms with E-state index < -0.39 is 0 Å². The molecule has 0 spiro atoms. The molecule has 0 saturated heterocycles. The zero-order chi connectivity index (χ0) is 13.8. The van der Waals surface area contributed by atoms with Crippen molar-refractivity contribution in [2.45, 2.75) is 32.7 Å². The van der Waals surface area contributed by atoms with Crippen LogP contribution in [-0.2, 0) is 6.42 Å². The Labute approximate surface area is 118 Å². The quantitative estimate of drug-likeness (QED) is 0.933. The van der Waals surface area contributed by atoms with Gasteiger partial charge in [-0.25, -0.2) is 9.97 Å². The molecule has 0 amide bonds. The van der Waals surface area contributed by atoms with Crippen LogP contribution in [0.4, 0.5) is 0 Å². The van der Waals surface area contributed by atoms with Gasteiger partial charge in [0.2, 0.25) is 0 Å². The zero-order valence-corrected chi connectivity index (χ0v) is 11.9. The van der Waals surface area contributed by atoms with Crippen LogP contribution in [0.5, 0.6) is 0 Å². The van der Waals surface area contributed by atoms with Gasteiger partial charge in [-0.15, -0.1) is 0 Å². The Morgan fingerprint density at radius 3 is 2.84 bits per heavy atom. The maximum Gasteiger partial charge on any atom is 0.180 e. The summed E-state index contributed by atoms with van der Waals surface area (Å²) in [6.45, 7) is 4.00. The molecule has 0 saturated carbocycles. The van der Waals surface area contributed by atoms with E-state index in [4.69, 9.17) is 17.3 Å². The van der Waals surface area contributed by atoms with Crippen molar-refractivity contribution in [2.24, 2.45) is 5.73 Å². The summed E-state index contributed by atoms with van der Waals surface area (Å²) in [7, 11) is 0. The highest BCUT2D eigenvalue weighted by atomic mass is 35.5. The number of nitrogens with two attached hydrogens (primary N) is 1. The summed E-state index contributed by atoms with van der Waals surface area (Å²) in [5.41, 5.74) is 8.40. The lowest BCUT2D eigenvalue weighted by atomic mass is 10.1. The first-order valence-corrected chi connectivity index (χ1v) is 6.69. The molecule has 19 heavy (non-hydrogen) atoms. The van der Waals surface area contributed by atoms with Crippen molar-refractivity contribution in [3.8, 4) is 11.5 Å². The molecule has 2 rings (SSSR count). The molecule has 0 fully saturated rings. The second-order valence-corrected chi connectivity index (χ2v) is 4.94. The van der Waals surface area contributed by atoms with Crippen molar-refractivity contribution in [1.29, 1.82) is 0 Å². The van der Waals surface area contributed by atoms with Crippen LogP contribution in [0.1, 0.15) is 24.7 Å². The lowest BCUT2D eigenvalue weighted by molar-refractivity contribution is 0.635. The topological polar surface area (TPSA) is 64.7 Å². The SMILES string of the molecule is CCC(N)Cc1cc(C)nc(-c2ncccc2Cl)n1. The van der Waals surface area contributed by atoms with Crippen LogP contribution in [0.15, 0.2) is 24.4 Å². The van der Waals surface area contributed by atoms with E-state index in [-0.39, 0.29) is 6.04 Å². The van der Waals surface area contributed by atoms with E-state index in [0.717, 1.165) is 24.2 Å². The molecule has 4 nitrogen and oxygen atoms in total. The fraction of sp³-hybridized carbons (Fsp3) is 0.357. The van der Waals surface area contributed by atoms with E-state index in [0.29, 0.717) is 16.5 Å². The monoisotopic (exact) mass is 276 g/mol. The van der Waals surface area contributed by atoms with Crippen LogP contribution >= 0.6 is 11.6 Å². The van der Waals surface area contributed by atoms with Crippen molar-refractivity contribution >= 4 is 11.6 Å². The lowest BCUT2D eigenvalue weighted by Gasteiger charge is -2.10. The molecule has 2 N–H and O–H groups in total. The van der Waals surface area contributed by atoms with Gasteiger partial charge in [-0.2, -0.15) is 0 Å². The molecule has 0 bridgehead atoms. The van der Waals surface area contributed by atoms with Crippen LogP contribution in [0, 0.1) is 6.92 Å². The summed E-state index contributed by atoms with van der Waals surface area (Å²) in [4.78, 5) is 13.2. The molecule has 2 aromatic rings. The van der Waals surface area contributed by atoms with Gasteiger partial charge in [0.15, 0.2) is 5.82 Å². The van der Waals surface area contributed by atoms with Crippen molar-refractivity contribution in [3.05, 3.63) is 40.8 Å². The minimum Gasteiger partial charge on any atom is -0.327 e. The summed E-state index contributed by atoms with van der Waals surface area (Å²) in [6.07, 6.45) is 3.34. The van der Waals surface area contributed by atoms with Crippen LogP contribution < -0.4 is 5.73 Å². The Kier molecular flexibility index (Phi) is 4.45. The van der Waals surface area contributed by atoms with Gasteiger partial charge in [0.1, 0.15) is 5.69 Å². The molecular formula is C14H17ClN4. The average Bonchev–Trinajstić information content (AvgIpc) is 2.38. The third kappa shape index (κ3) is 3.49.